The average molecular weight is 380 g/mol. The Bertz CT molecular complexity index is 928. The second kappa shape index (κ2) is 8.34. The molecule has 7 heteroatoms. The highest BCUT2D eigenvalue weighted by Gasteiger charge is 2.32. The van der Waals surface area contributed by atoms with Gasteiger partial charge >= 0.3 is 0 Å². The largest absolute Gasteiger partial charge is 0.383 e. The van der Waals surface area contributed by atoms with Crippen LogP contribution < -0.4 is 5.73 Å². The normalized spacial score (nSPS) is 19.3. The van der Waals surface area contributed by atoms with E-state index in [1.165, 1.54) is 10.9 Å². The van der Waals surface area contributed by atoms with Crippen LogP contribution in [-0.2, 0) is 24.4 Å². The maximum atomic E-state index is 5.98. The van der Waals surface area contributed by atoms with Crippen LogP contribution in [0.2, 0.25) is 0 Å². The Hall–Kier alpha value is -2.35. The third-order valence-corrected chi connectivity index (χ3v) is 5.51. The second-order valence-corrected chi connectivity index (χ2v) is 7.71. The van der Waals surface area contributed by atoms with E-state index in [0.29, 0.717) is 18.6 Å². The van der Waals surface area contributed by atoms with Crippen LogP contribution in [0, 0.1) is 0 Å². The van der Waals surface area contributed by atoms with Crippen molar-refractivity contribution in [1.82, 2.24) is 24.6 Å². The predicted molar refractivity (Wildman–Crippen MR) is 109 cm³/mol. The van der Waals surface area contributed by atoms with Gasteiger partial charge in [0.15, 0.2) is 0 Å². The minimum atomic E-state index is 0.295. The molecule has 0 amide bonds. The molecule has 1 aliphatic rings. The van der Waals surface area contributed by atoms with Crippen LogP contribution in [0.5, 0.6) is 0 Å². The number of hydrogen-bond donors (Lipinski definition) is 1. The molecule has 0 unspecified atom stereocenters. The lowest BCUT2D eigenvalue weighted by Gasteiger charge is -2.32. The summed E-state index contributed by atoms with van der Waals surface area (Å²) in [5.41, 5.74) is 8.27. The molecule has 0 spiro atoms. The van der Waals surface area contributed by atoms with Gasteiger partial charge in [0, 0.05) is 43.7 Å². The fraction of sp³-hybridized carbons (Fsp3) is 0.476. The summed E-state index contributed by atoms with van der Waals surface area (Å²) in [6, 6.07) is 10.7. The third-order valence-electron chi connectivity index (χ3n) is 5.51. The highest BCUT2D eigenvalue weighted by atomic mass is 16.5. The van der Waals surface area contributed by atoms with Crippen molar-refractivity contribution in [2.45, 2.75) is 44.4 Å². The van der Waals surface area contributed by atoms with Crippen molar-refractivity contribution in [3.05, 3.63) is 53.7 Å². The van der Waals surface area contributed by atoms with Crippen LogP contribution in [0.15, 0.2) is 36.5 Å². The van der Waals surface area contributed by atoms with Gasteiger partial charge in [-0.25, -0.2) is 0 Å². The maximum Gasteiger partial charge on any atom is 0.147 e. The molecule has 0 saturated heterocycles. The molecular weight excluding hydrogens is 352 g/mol. The molecule has 148 valence electrons. The molecule has 0 atom stereocenters. The Morgan fingerprint density at radius 3 is 2.79 bits per heavy atom. The van der Waals surface area contributed by atoms with Crippen LogP contribution in [0.3, 0.4) is 0 Å². The Morgan fingerprint density at radius 1 is 1.18 bits per heavy atom. The zero-order chi connectivity index (χ0) is 19.5. The Morgan fingerprint density at radius 2 is 2.00 bits per heavy atom. The first kappa shape index (κ1) is 19.0. The summed E-state index contributed by atoms with van der Waals surface area (Å²) in [4.78, 5) is 6.73. The van der Waals surface area contributed by atoms with E-state index in [1.807, 2.05) is 12.3 Å². The Balaban J connectivity index is 1.51. The summed E-state index contributed by atoms with van der Waals surface area (Å²) >= 11 is 0. The van der Waals surface area contributed by atoms with Gasteiger partial charge in [-0.2, -0.15) is 0 Å². The van der Waals surface area contributed by atoms with Gasteiger partial charge in [-0.3, -0.25) is 9.88 Å². The van der Waals surface area contributed by atoms with Crippen LogP contribution in [0.25, 0.3) is 10.9 Å². The molecule has 3 aromatic rings. The van der Waals surface area contributed by atoms with E-state index in [2.05, 4.69) is 56.0 Å². The van der Waals surface area contributed by atoms with Crippen LogP contribution >= 0.6 is 0 Å². The van der Waals surface area contributed by atoms with Gasteiger partial charge in [0.1, 0.15) is 11.6 Å². The highest BCUT2D eigenvalue weighted by molar-refractivity contribution is 5.81. The lowest BCUT2D eigenvalue weighted by Crippen LogP contribution is -2.36. The lowest BCUT2D eigenvalue weighted by molar-refractivity contribution is 0.181. The molecular formula is C21H28N6O. The fourth-order valence-electron chi connectivity index (χ4n) is 3.95. The van der Waals surface area contributed by atoms with Crippen LogP contribution in [0.4, 0.5) is 0 Å². The van der Waals surface area contributed by atoms with Gasteiger partial charge in [0.2, 0.25) is 0 Å². The quantitative estimate of drug-likeness (QED) is 0.646. The number of nitrogens with two attached hydrogens (primary N) is 1. The number of methoxy groups -OCH3 is 1. The smallest absolute Gasteiger partial charge is 0.147 e. The van der Waals surface area contributed by atoms with E-state index in [1.54, 1.807) is 7.11 Å². The van der Waals surface area contributed by atoms with Crippen molar-refractivity contribution in [3.8, 4) is 0 Å². The monoisotopic (exact) mass is 380 g/mol. The van der Waals surface area contributed by atoms with Crippen molar-refractivity contribution in [2.24, 2.45) is 5.73 Å². The van der Waals surface area contributed by atoms with E-state index in [9.17, 15) is 0 Å². The third kappa shape index (κ3) is 3.92. The van der Waals surface area contributed by atoms with E-state index in [0.717, 1.165) is 49.6 Å². The van der Waals surface area contributed by atoms with Crippen molar-refractivity contribution in [3.63, 3.8) is 0 Å². The summed E-state index contributed by atoms with van der Waals surface area (Å²) in [6.07, 6.45) is 3.86. The van der Waals surface area contributed by atoms with Crippen molar-refractivity contribution >= 4 is 10.9 Å². The van der Waals surface area contributed by atoms with Crippen molar-refractivity contribution in [1.29, 1.82) is 0 Å². The molecule has 28 heavy (non-hydrogen) atoms. The number of aromatic nitrogens is 4. The first-order valence-corrected chi connectivity index (χ1v) is 9.83. The molecule has 1 aromatic carbocycles. The topological polar surface area (TPSA) is 82.1 Å². The van der Waals surface area contributed by atoms with E-state index < -0.39 is 0 Å². The summed E-state index contributed by atoms with van der Waals surface area (Å²) in [7, 11) is 3.84. The van der Waals surface area contributed by atoms with Gasteiger partial charge in [0.25, 0.3) is 0 Å². The molecule has 2 heterocycles. The summed E-state index contributed by atoms with van der Waals surface area (Å²) in [6.45, 7) is 2.97. The molecule has 1 fully saturated rings. The van der Waals surface area contributed by atoms with Crippen molar-refractivity contribution < 1.29 is 4.74 Å². The number of pyridine rings is 1. The SMILES string of the molecule is COCCn1c(CN(C)Cc2ccnc3ccccc23)nnc1C1CC(N)C1. The zero-order valence-corrected chi connectivity index (χ0v) is 16.6. The minimum Gasteiger partial charge on any atom is -0.383 e. The molecule has 2 N–H and O–H groups in total. The first-order chi connectivity index (χ1) is 13.7. The van der Waals surface area contributed by atoms with Crippen LogP contribution in [0.1, 0.15) is 36.0 Å². The Labute approximate surface area is 165 Å². The van der Waals surface area contributed by atoms with E-state index in [-0.39, 0.29) is 0 Å². The summed E-state index contributed by atoms with van der Waals surface area (Å²) in [5.74, 6) is 2.45. The van der Waals surface area contributed by atoms with E-state index in [4.69, 9.17) is 10.5 Å². The molecule has 7 nitrogen and oxygen atoms in total. The lowest BCUT2D eigenvalue weighted by atomic mass is 9.80. The zero-order valence-electron chi connectivity index (χ0n) is 16.6. The average Bonchev–Trinajstić information content (AvgIpc) is 3.06. The van der Waals surface area contributed by atoms with Crippen LogP contribution in [-0.4, -0.2) is 51.5 Å². The van der Waals surface area contributed by atoms with Gasteiger partial charge in [-0.1, -0.05) is 18.2 Å². The Kier molecular flexibility index (Phi) is 5.66. The maximum absolute atomic E-state index is 5.98. The summed E-state index contributed by atoms with van der Waals surface area (Å²) in [5, 5.41) is 10.2. The second-order valence-electron chi connectivity index (χ2n) is 7.71. The fourth-order valence-corrected chi connectivity index (χ4v) is 3.95. The molecule has 0 aliphatic heterocycles. The molecule has 1 aliphatic carbocycles. The molecule has 4 rings (SSSR count). The summed E-state index contributed by atoms with van der Waals surface area (Å²) < 4.78 is 7.53. The molecule has 0 radical (unpaired) electrons. The van der Waals surface area contributed by atoms with Gasteiger partial charge in [-0.15, -0.1) is 10.2 Å². The molecule has 2 aromatic heterocycles. The first-order valence-electron chi connectivity index (χ1n) is 9.83. The molecule has 1 saturated carbocycles. The predicted octanol–water partition coefficient (Wildman–Crippen LogP) is 2.31. The number of para-hydroxylation sites is 1. The number of rotatable bonds is 8. The number of fused-ring (bicyclic) bond motifs is 1. The van der Waals surface area contributed by atoms with Gasteiger partial charge < -0.3 is 15.0 Å². The van der Waals surface area contributed by atoms with E-state index >= 15 is 0 Å². The standard InChI is InChI=1S/C21H28N6O/c1-26(13-15-7-8-23-19-6-4-3-5-18(15)19)14-20-24-25-21(16-11-17(22)12-16)27(20)9-10-28-2/h3-8,16-17H,9-14,22H2,1-2H3. The number of benzene rings is 1. The van der Waals surface area contributed by atoms with Gasteiger partial charge in [-0.05, 0) is 37.6 Å². The number of ether oxygens (including phenoxy) is 1. The number of hydrogen-bond acceptors (Lipinski definition) is 6. The minimum absolute atomic E-state index is 0.295. The van der Waals surface area contributed by atoms with Crippen molar-refractivity contribution in [2.75, 3.05) is 20.8 Å². The number of nitrogens with zero attached hydrogens (tertiary/aromatic N) is 5. The van der Waals surface area contributed by atoms with Gasteiger partial charge in [0.05, 0.1) is 18.7 Å². The highest BCUT2D eigenvalue weighted by Crippen LogP contribution is 2.35. The molecule has 0 bridgehead atoms.